The predicted octanol–water partition coefficient (Wildman–Crippen LogP) is 3.30. The van der Waals surface area contributed by atoms with E-state index in [4.69, 9.17) is 5.11 Å². The van der Waals surface area contributed by atoms with E-state index in [1.807, 2.05) is 0 Å². The number of aryl methyl sites for hydroxylation is 2. The van der Waals surface area contributed by atoms with Crippen molar-refractivity contribution in [2.45, 2.75) is 52.1 Å². The standard InChI is InChI=1S/C16H23NO2/c1-11-6-7-15(12(2)9-11)13(3)17-8-4-5-14(17)10-16(18)19/h6-7,9,13-14H,4-5,8,10H2,1-3H3,(H,18,19). The van der Waals surface area contributed by atoms with Crippen molar-refractivity contribution in [3.05, 3.63) is 34.9 Å². The Hall–Kier alpha value is -1.35. The van der Waals surface area contributed by atoms with Crippen molar-refractivity contribution in [3.8, 4) is 0 Å². The molecular weight excluding hydrogens is 238 g/mol. The van der Waals surface area contributed by atoms with Crippen molar-refractivity contribution < 1.29 is 9.90 Å². The number of hydrogen-bond acceptors (Lipinski definition) is 2. The minimum absolute atomic E-state index is 0.188. The van der Waals surface area contributed by atoms with Crippen LogP contribution in [0.15, 0.2) is 18.2 Å². The Labute approximate surface area is 115 Å². The molecule has 0 aromatic heterocycles. The first-order chi connectivity index (χ1) is 8.99. The molecule has 3 heteroatoms. The fourth-order valence-electron chi connectivity index (χ4n) is 3.26. The summed E-state index contributed by atoms with van der Waals surface area (Å²) < 4.78 is 0. The number of nitrogens with zero attached hydrogens (tertiary/aromatic N) is 1. The van der Waals surface area contributed by atoms with Crippen molar-refractivity contribution in [1.82, 2.24) is 4.90 Å². The monoisotopic (exact) mass is 261 g/mol. The molecule has 2 rings (SSSR count). The number of carboxylic acids is 1. The van der Waals surface area contributed by atoms with Gasteiger partial charge in [-0.1, -0.05) is 23.8 Å². The zero-order chi connectivity index (χ0) is 14.0. The number of aliphatic carboxylic acids is 1. The van der Waals surface area contributed by atoms with Gasteiger partial charge in [0, 0.05) is 12.1 Å². The summed E-state index contributed by atoms with van der Waals surface area (Å²) in [6.45, 7) is 7.44. The third kappa shape index (κ3) is 3.16. The van der Waals surface area contributed by atoms with Crippen molar-refractivity contribution in [2.75, 3.05) is 6.54 Å². The van der Waals surface area contributed by atoms with Gasteiger partial charge in [0.25, 0.3) is 0 Å². The lowest BCUT2D eigenvalue weighted by atomic mass is 9.98. The highest BCUT2D eigenvalue weighted by Gasteiger charge is 2.31. The molecule has 0 bridgehead atoms. The summed E-state index contributed by atoms with van der Waals surface area (Å²) in [5.41, 5.74) is 3.90. The summed E-state index contributed by atoms with van der Waals surface area (Å²) in [7, 11) is 0. The smallest absolute Gasteiger partial charge is 0.304 e. The third-order valence-corrected chi connectivity index (χ3v) is 4.21. The molecule has 1 aromatic carbocycles. The first-order valence-corrected chi connectivity index (χ1v) is 7.03. The van der Waals surface area contributed by atoms with Crippen molar-refractivity contribution in [2.24, 2.45) is 0 Å². The molecule has 104 valence electrons. The van der Waals surface area contributed by atoms with E-state index < -0.39 is 5.97 Å². The molecule has 1 aliphatic rings. The summed E-state index contributed by atoms with van der Waals surface area (Å²) in [5.74, 6) is -0.690. The number of carboxylic acid groups (broad SMARTS) is 1. The second kappa shape index (κ2) is 5.74. The van der Waals surface area contributed by atoms with Gasteiger partial charge in [-0.15, -0.1) is 0 Å². The number of benzene rings is 1. The van der Waals surface area contributed by atoms with Gasteiger partial charge in [-0.3, -0.25) is 9.69 Å². The van der Waals surface area contributed by atoms with Gasteiger partial charge in [-0.2, -0.15) is 0 Å². The van der Waals surface area contributed by atoms with E-state index in [2.05, 4.69) is 43.9 Å². The molecule has 1 N–H and O–H groups in total. The molecule has 19 heavy (non-hydrogen) atoms. The maximum absolute atomic E-state index is 10.9. The van der Waals surface area contributed by atoms with Crippen LogP contribution in [0.3, 0.4) is 0 Å². The van der Waals surface area contributed by atoms with Crippen LogP contribution >= 0.6 is 0 Å². The number of rotatable bonds is 4. The van der Waals surface area contributed by atoms with Crippen molar-refractivity contribution >= 4 is 5.97 Å². The normalized spacial score (nSPS) is 21.5. The summed E-state index contributed by atoms with van der Waals surface area (Å²) in [5, 5.41) is 9.01. The van der Waals surface area contributed by atoms with Crippen LogP contribution in [0.4, 0.5) is 0 Å². The second-order valence-corrected chi connectivity index (χ2v) is 5.67. The third-order valence-electron chi connectivity index (χ3n) is 4.21. The van der Waals surface area contributed by atoms with Gasteiger partial charge in [-0.05, 0) is 51.3 Å². The largest absolute Gasteiger partial charge is 0.481 e. The van der Waals surface area contributed by atoms with E-state index in [1.54, 1.807) is 0 Å². The molecule has 1 aliphatic heterocycles. The number of carbonyl (C=O) groups is 1. The molecule has 0 radical (unpaired) electrons. The SMILES string of the molecule is Cc1ccc(C(C)N2CCCC2CC(=O)O)c(C)c1. The Morgan fingerprint density at radius 2 is 2.21 bits per heavy atom. The molecule has 1 heterocycles. The van der Waals surface area contributed by atoms with E-state index in [9.17, 15) is 4.79 Å². The highest BCUT2D eigenvalue weighted by atomic mass is 16.4. The highest BCUT2D eigenvalue weighted by molar-refractivity contribution is 5.67. The van der Waals surface area contributed by atoms with E-state index in [0.29, 0.717) is 6.04 Å². The Bertz CT molecular complexity index is 470. The zero-order valence-corrected chi connectivity index (χ0v) is 12.0. The van der Waals surface area contributed by atoms with Gasteiger partial charge >= 0.3 is 5.97 Å². The van der Waals surface area contributed by atoms with Crippen LogP contribution in [0.25, 0.3) is 0 Å². The molecule has 0 saturated carbocycles. The number of likely N-dealkylation sites (tertiary alicyclic amines) is 1. The molecule has 0 amide bonds. The maximum Gasteiger partial charge on any atom is 0.304 e. The summed E-state index contributed by atoms with van der Waals surface area (Å²) in [6, 6.07) is 7.02. The van der Waals surface area contributed by atoms with E-state index in [-0.39, 0.29) is 12.5 Å². The van der Waals surface area contributed by atoms with Crippen LogP contribution in [0, 0.1) is 13.8 Å². The molecule has 0 spiro atoms. The lowest BCUT2D eigenvalue weighted by molar-refractivity contribution is -0.138. The topological polar surface area (TPSA) is 40.5 Å². The van der Waals surface area contributed by atoms with Gasteiger partial charge in [0.1, 0.15) is 0 Å². The fourth-order valence-corrected chi connectivity index (χ4v) is 3.26. The Morgan fingerprint density at radius 1 is 1.47 bits per heavy atom. The van der Waals surface area contributed by atoms with E-state index in [0.717, 1.165) is 19.4 Å². The minimum atomic E-state index is -0.690. The second-order valence-electron chi connectivity index (χ2n) is 5.67. The van der Waals surface area contributed by atoms with Crippen molar-refractivity contribution in [3.63, 3.8) is 0 Å². The first-order valence-electron chi connectivity index (χ1n) is 7.03. The summed E-state index contributed by atoms with van der Waals surface area (Å²) in [4.78, 5) is 13.3. The summed E-state index contributed by atoms with van der Waals surface area (Å²) >= 11 is 0. The lowest BCUT2D eigenvalue weighted by Gasteiger charge is -2.31. The van der Waals surface area contributed by atoms with Gasteiger partial charge in [-0.25, -0.2) is 0 Å². The van der Waals surface area contributed by atoms with Gasteiger partial charge < -0.3 is 5.11 Å². The Balaban J connectivity index is 2.18. The Morgan fingerprint density at radius 3 is 2.84 bits per heavy atom. The molecule has 3 nitrogen and oxygen atoms in total. The van der Waals surface area contributed by atoms with Crippen LogP contribution < -0.4 is 0 Å². The van der Waals surface area contributed by atoms with Gasteiger partial charge in [0.05, 0.1) is 6.42 Å². The average molecular weight is 261 g/mol. The van der Waals surface area contributed by atoms with Gasteiger partial charge in [0.15, 0.2) is 0 Å². The van der Waals surface area contributed by atoms with E-state index >= 15 is 0 Å². The van der Waals surface area contributed by atoms with Crippen LogP contribution in [0.1, 0.15) is 48.9 Å². The number of hydrogen-bond donors (Lipinski definition) is 1. The van der Waals surface area contributed by atoms with Crippen LogP contribution in [-0.4, -0.2) is 28.6 Å². The predicted molar refractivity (Wildman–Crippen MR) is 76.3 cm³/mol. The molecular formula is C16H23NO2. The quantitative estimate of drug-likeness (QED) is 0.904. The summed E-state index contributed by atoms with van der Waals surface area (Å²) in [6.07, 6.45) is 2.37. The molecule has 1 aromatic rings. The van der Waals surface area contributed by atoms with Crippen LogP contribution in [-0.2, 0) is 4.79 Å². The maximum atomic E-state index is 10.9. The average Bonchev–Trinajstić information content (AvgIpc) is 2.75. The van der Waals surface area contributed by atoms with Crippen LogP contribution in [0.5, 0.6) is 0 Å². The molecule has 2 unspecified atom stereocenters. The molecule has 1 fully saturated rings. The molecule has 1 saturated heterocycles. The van der Waals surface area contributed by atoms with Crippen LogP contribution in [0.2, 0.25) is 0 Å². The lowest BCUT2D eigenvalue weighted by Crippen LogP contribution is -2.34. The van der Waals surface area contributed by atoms with Crippen molar-refractivity contribution in [1.29, 1.82) is 0 Å². The Kier molecular flexibility index (Phi) is 4.25. The minimum Gasteiger partial charge on any atom is -0.481 e. The van der Waals surface area contributed by atoms with Gasteiger partial charge in [0.2, 0.25) is 0 Å². The molecule has 0 aliphatic carbocycles. The molecule has 2 atom stereocenters. The highest BCUT2D eigenvalue weighted by Crippen LogP contribution is 2.32. The fraction of sp³-hybridized carbons (Fsp3) is 0.562. The zero-order valence-electron chi connectivity index (χ0n) is 12.0. The van der Waals surface area contributed by atoms with E-state index in [1.165, 1.54) is 16.7 Å². The first kappa shape index (κ1) is 14.1.